The first-order chi connectivity index (χ1) is 11.5. The molecule has 3 rings (SSSR count). The molecule has 1 aromatic heterocycles. The fraction of sp³-hybridized carbons (Fsp3) is 0.368. The zero-order valence-electron chi connectivity index (χ0n) is 14.1. The summed E-state index contributed by atoms with van der Waals surface area (Å²) in [5.74, 6) is -0.291. The van der Waals surface area contributed by atoms with Gasteiger partial charge in [0.1, 0.15) is 11.1 Å². The summed E-state index contributed by atoms with van der Waals surface area (Å²) in [5, 5.41) is 3.51. The number of hydrogen-bond acceptors (Lipinski definition) is 4. The molecule has 0 spiro atoms. The van der Waals surface area contributed by atoms with Crippen molar-refractivity contribution in [2.45, 2.75) is 39.7 Å². The highest BCUT2D eigenvalue weighted by Crippen LogP contribution is 2.36. The molecule has 4 nitrogen and oxygen atoms in total. The molecule has 0 aliphatic heterocycles. The molecule has 24 heavy (non-hydrogen) atoms. The fourth-order valence-electron chi connectivity index (χ4n) is 2.53. The normalized spacial score (nSPS) is 15.0. The third kappa shape index (κ3) is 3.51. The van der Waals surface area contributed by atoms with Crippen LogP contribution in [0.2, 0.25) is 0 Å². The van der Waals surface area contributed by atoms with E-state index in [4.69, 9.17) is 4.74 Å². The molecule has 1 fully saturated rings. The van der Waals surface area contributed by atoms with E-state index in [1.165, 1.54) is 11.3 Å². The third-order valence-electron chi connectivity index (χ3n) is 4.33. The Morgan fingerprint density at radius 2 is 1.88 bits per heavy atom. The van der Waals surface area contributed by atoms with Gasteiger partial charge in [0.15, 0.2) is 0 Å². The lowest BCUT2D eigenvalue weighted by molar-refractivity contribution is -0.117. The predicted molar refractivity (Wildman–Crippen MR) is 95.4 cm³/mol. The molecular formula is C19H21NO3S. The Morgan fingerprint density at radius 1 is 1.21 bits per heavy atom. The van der Waals surface area contributed by atoms with Gasteiger partial charge in [-0.15, -0.1) is 11.3 Å². The predicted octanol–water partition coefficient (Wildman–Crippen LogP) is 4.63. The summed E-state index contributed by atoms with van der Waals surface area (Å²) in [4.78, 5) is 25.8. The van der Waals surface area contributed by atoms with Crippen molar-refractivity contribution in [1.29, 1.82) is 0 Å². The lowest BCUT2D eigenvalue weighted by Gasteiger charge is -2.14. The number of anilines is 1. The zero-order chi connectivity index (χ0) is 17.3. The van der Waals surface area contributed by atoms with Gasteiger partial charge in [-0.25, -0.2) is 4.79 Å². The Bertz CT molecular complexity index is 762. The van der Waals surface area contributed by atoms with Crippen LogP contribution < -0.4 is 5.32 Å². The van der Waals surface area contributed by atoms with E-state index in [0.717, 1.165) is 28.8 Å². The molecule has 0 radical (unpaired) electrons. The summed E-state index contributed by atoms with van der Waals surface area (Å²) in [6.45, 7) is 5.69. The molecule has 0 bridgehead atoms. The van der Waals surface area contributed by atoms with Crippen LogP contribution in [0.3, 0.4) is 0 Å². The van der Waals surface area contributed by atoms with Gasteiger partial charge in [0.05, 0.1) is 5.56 Å². The van der Waals surface area contributed by atoms with Crippen molar-refractivity contribution < 1.29 is 14.3 Å². The summed E-state index contributed by atoms with van der Waals surface area (Å²) < 4.78 is 5.63. The number of nitrogens with one attached hydrogen (secondary N) is 1. The highest BCUT2D eigenvalue weighted by atomic mass is 32.1. The zero-order valence-corrected chi connectivity index (χ0v) is 14.9. The molecule has 1 aliphatic carbocycles. The first-order valence-electron chi connectivity index (χ1n) is 8.14. The highest BCUT2D eigenvalue weighted by molar-refractivity contribution is 7.16. The minimum Gasteiger partial charge on any atom is -0.454 e. The van der Waals surface area contributed by atoms with E-state index in [2.05, 4.69) is 5.32 Å². The number of rotatable bonds is 5. The maximum absolute atomic E-state index is 12.7. The van der Waals surface area contributed by atoms with Crippen molar-refractivity contribution in [3.05, 3.63) is 51.9 Å². The summed E-state index contributed by atoms with van der Waals surface area (Å²) in [7, 11) is 0. The van der Waals surface area contributed by atoms with Gasteiger partial charge in [0.25, 0.3) is 0 Å². The Labute approximate surface area is 145 Å². The van der Waals surface area contributed by atoms with Crippen LogP contribution in [-0.2, 0) is 9.53 Å². The molecule has 1 saturated carbocycles. The molecule has 1 aliphatic rings. The van der Waals surface area contributed by atoms with Crippen LogP contribution in [0.25, 0.3) is 0 Å². The number of thiophene rings is 1. The Hall–Kier alpha value is -2.14. The van der Waals surface area contributed by atoms with Gasteiger partial charge in [-0.2, -0.15) is 0 Å². The number of aryl methyl sites for hydroxylation is 1. The molecule has 0 saturated heterocycles. The van der Waals surface area contributed by atoms with E-state index in [-0.39, 0.29) is 23.9 Å². The first-order valence-corrected chi connectivity index (χ1v) is 8.95. The van der Waals surface area contributed by atoms with Gasteiger partial charge in [-0.05, 0) is 44.7 Å². The second-order valence-corrected chi connectivity index (χ2v) is 7.43. The minimum absolute atomic E-state index is 0.00130. The van der Waals surface area contributed by atoms with E-state index in [0.29, 0.717) is 10.6 Å². The third-order valence-corrected chi connectivity index (χ3v) is 5.45. The summed E-state index contributed by atoms with van der Waals surface area (Å²) in [5.41, 5.74) is 2.30. The standard InChI is InChI=1S/C19H21NO3S/c1-11-13(3)24-18(20-17(21)15-9-10-15)16(11)19(22)23-12(2)14-7-5-4-6-8-14/h4-8,12,15H,9-10H2,1-3H3,(H,20,21)/t12-/m0/s1. The van der Waals surface area contributed by atoms with Crippen LogP contribution in [0.15, 0.2) is 30.3 Å². The molecular weight excluding hydrogens is 322 g/mol. The minimum atomic E-state index is -0.390. The number of hydrogen-bond donors (Lipinski definition) is 1. The van der Waals surface area contributed by atoms with Crippen LogP contribution in [-0.4, -0.2) is 11.9 Å². The number of amides is 1. The molecule has 1 atom stereocenters. The maximum Gasteiger partial charge on any atom is 0.342 e. The highest BCUT2D eigenvalue weighted by Gasteiger charge is 2.32. The number of carbonyl (C=O) groups is 2. The van der Waals surface area contributed by atoms with Gasteiger partial charge in [-0.3, -0.25) is 4.79 Å². The van der Waals surface area contributed by atoms with Crippen molar-refractivity contribution in [1.82, 2.24) is 0 Å². The number of ether oxygens (including phenoxy) is 1. The average molecular weight is 343 g/mol. The molecule has 1 amide bonds. The summed E-state index contributed by atoms with van der Waals surface area (Å²) in [6, 6.07) is 9.62. The van der Waals surface area contributed by atoms with E-state index in [9.17, 15) is 9.59 Å². The molecule has 5 heteroatoms. The maximum atomic E-state index is 12.7. The summed E-state index contributed by atoms with van der Waals surface area (Å²) in [6.07, 6.45) is 1.52. The van der Waals surface area contributed by atoms with E-state index in [1.54, 1.807) is 0 Å². The van der Waals surface area contributed by atoms with Crippen LogP contribution in [0.5, 0.6) is 0 Å². The van der Waals surface area contributed by atoms with Crippen molar-refractivity contribution in [2.75, 3.05) is 5.32 Å². The van der Waals surface area contributed by atoms with Crippen LogP contribution in [0, 0.1) is 19.8 Å². The smallest absolute Gasteiger partial charge is 0.342 e. The van der Waals surface area contributed by atoms with Gasteiger partial charge < -0.3 is 10.1 Å². The van der Waals surface area contributed by atoms with Crippen LogP contribution in [0.4, 0.5) is 5.00 Å². The molecule has 126 valence electrons. The van der Waals surface area contributed by atoms with E-state index >= 15 is 0 Å². The van der Waals surface area contributed by atoms with E-state index < -0.39 is 0 Å². The largest absolute Gasteiger partial charge is 0.454 e. The van der Waals surface area contributed by atoms with Crippen molar-refractivity contribution in [2.24, 2.45) is 5.92 Å². The van der Waals surface area contributed by atoms with Gasteiger partial charge in [0.2, 0.25) is 5.91 Å². The second-order valence-electron chi connectivity index (χ2n) is 6.21. The molecule has 2 aromatic rings. The number of benzene rings is 1. The quantitative estimate of drug-likeness (QED) is 0.805. The van der Waals surface area contributed by atoms with Crippen molar-refractivity contribution >= 4 is 28.2 Å². The SMILES string of the molecule is Cc1sc(NC(=O)C2CC2)c(C(=O)O[C@@H](C)c2ccccc2)c1C. The monoisotopic (exact) mass is 343 g/mol. The molecule has 0 unspecified atom stereocenters. The topological polar surface area (TPSA) is 55.4 Å². The molecule has 1 N–H and O–H groups in total. The molecule has 1 heterocycles. The first kappa shape index (κ1) is 16.7. The van der Waals surface area contributed by atoms with Gasteiger partial charge >= 0.3 is 5.97 Å². The lowest BCUT2D eigenvalue weighted by atomic mass is 10.1. The van der Waals surface area contributed by atoms with Crippen LogP contribution >= 0.6 is 11.3 Å². The van der Waals surface area contributed by atoms with Gasteiger partial charge in [-0.1, -0.05) is 30.3 Å². The van der Waals surface area contributed by atoms with Crippen molar-refractivity contribution in [3.8, 4) is 0 Å². The Balaban J connectivity index is 1.79. The van der Waals surface area contributed by atoms with Gasteiger partial charge in [0, 0.05) is 10.8 Å². The number of esters is 1. The Kier molecular flexibility index (Phi) is 4.71. The number of carbonyl (C=O) groups excluding carboxylic acids is 2. The van der Waals surface area contributed by atoms with Crippen LogP contribution in [0.1, 0.15) is 52.2 Å². The Morgan fingerprint density at radius 3 is 2.50 bits per heavy atom. The fourth-order valence-corrected chi connectivity index (χ4v) is 3.58. The molecule has 1 aromatic carbocycles. The lowest BCUT2D eigenvalue weighted by Crippen LogP contribution is -2.16. The second kappa shape index (κ2) is 6.77. The average Bonchev–Trinajstić information content (AvgIpc) is 3.36. The summed E-state index contributed by atoms with van der Waals surface area (Å²) >= 11 is 1.43. The van der Waals surface area contributed by atoms with E-state index in [1.807, 2.05) is 51.1 Å². The van der Waals surface area contributed by atoms with Crippen molar-refractivity contribution in [3.63, 3.8) is 0 Å².